The summed E-state index contributed by atoms with van der Waals surface area (Å²) in [5.74, 6) is 0.374. The summed E-state index contributed by atoms with van der Waals surface area (Å²) in [7, 11) is 0. The topological polar surface area (TPSA) is 56.9 Å². The molecular weight excluding hydrogens is 238 g/mol. The second-order valence-corrected chi connectivity index (χ2v) is 4.92. The van der Waals surface area contributed by atoms with Gasteiger partial charge in [-0.25, -0.2) is 0 Å². The number of carbonyl (C=O) groups excluding carboxylic acids is 1. The van der Waals surface area contributed by atoms with E-state index in [4.69, 9.17) is 0 Å². The van der Waals surface area contributed by atoms with E-state index >= 15 is 0 Å². The van der Waals surface area contributed by atoms with E-state index in [9.17, 15) is 4.79 Å². The standard InChI is InChI=1S/C15H17N3O/c19-15(12-4-5-12)18-14-3-1-2-13(8-14)17-10-11-6-7-16-9-11/h1-3,6-9,12,16-17H,4-5,10H2,(H,18,19). The second kappa shape index (κ2) is 5.18. The number of rotatable bonds is 5. The zero-order valence-corrected chi connectivity index (χ0v) is 10.6. The molecule has 19 heavy (non-hydrogen) atoms. The Labute approximate surface area is 112 Å². The highest BCUT2D eigenvalue weighted by atomic mass is 16.2. The minimum absolute atomic E-state index is 0.141. The van der Waals surface area contributed by atoms with Crippen molar-refractivity contribution in [2.75, 3.05) is 10.6 Å². The third-order valence-electron chi connectivity index (χ3n) is 3.24. The highest BCUT2D eigenvalue weighted by Gasteiger charge is 2.29. The van der Waals surface area contributed by atoms with Crippen molar-refractivity contribution in [2.24, 2.45) is 5.92 Å². The summed E-state index contributed by atoms with van der Waals surface area (Å²) in [4.78, 5) is 14.7. The molecule has 1 heterocycles. The van der Waals surface area contributed by atoms with Crippen molar-refractivity contribution < 1.29 is 4.79 Å². The van der Waals surface area contributed by atoms with Gasteiger partial charge in [0.25, 0.3) is 0 Å². The number of aromatic nitrogens is 1. The summed E-state index contributed by atoms with van der Waals surface area (Å²) < 4.78 is 0. The Morgan fingerprint density at radius 3 is 2.84 bits per heavy atom. The van der Waals surface area contributed by atoms with Gasteiger partial charge in [-0.15, -0.1) is 0 Å². The van der Waals surface area contributed by atoms with Crippen molar-refractivity contribution in [3.63, 3.8) is 0 Å². The molecule has 98 valence electrons. The molecule has 0 atom stereocenters. The van der Waals surface area contributed by atoms with Crippen LogP contribution in [-0.4, -0.2) is 10.9 Å². The maximum atomic E-state index is 11.7. The lowest BCUT2D eigenvalue weighted by Gasteiger charge is -2.08. The SMILES string of the molecule is O=C(Nc1cccc(NCc2cc[nH]c2)c1)C1CC1. The minimum Gasteiger partial charge on any atom is -0.381 e. The molecule has 4 heteroatoms. The quantitative estimate of drug-likeness (QED) is 0.769. The molecule has 1 amide bonds. The first-order valence-electron chi connectivity index (χ1n) is 6.58. The molecule has 0 saturated heterocycles. The summed E-state index contributed by atoms with van der Waals surface area (Å²) in [5.41, 5.74) is 3.07. The Bertz CT molecular complexity index is 559. The van der Waals surface area contributed by atoms with E-state index in [1.807, 2.05) is 42.7 Å². The zero-order chi connectivity index (χ0) is 13.1. The molecule has 0 radical (unpaired) electrons. The number of anilines is 2. The molecule has 0 bridgehead atoms. The molecule has 1 aromatic heterocycles. The van der Waals surface area contributed by atoms with Crippen LogP contribution in [0, 0.1) is 5.92 Å². The molecular formula is C15H17N3O. The summed E-state index contributed by atoms with van der Waals surface area (Å²) in [6, 6.07) is 9.86. The first-order chi connectivity index (χ1) is 9.31. The Balaban J connectivity index is 1.60. The third kappa shape index (κ3) is 3.16. The molecule has 3 N–H and O–H groups in total. The fourth-order valence-electron chi connectivity index (χ4n) is 1.97. The highest BCUT2D eigenvalue weighted by Crippen LogP contribution is 2.30. The average molecular weight is 255 g/mol. The van der Waals surface area contributed by atoms with Crippen molar-refractivity contribution in [2.45, 2.75) is 19.4 Å². The van der Waals surface area contributed by atoms with Gasteiger partial charge < -0.3 is 15.6 Å². The number of H-pyrrole nitrogens is 1. The van der Waals surface area contributed by atoms with E-state index in [2.05, 4.69) is 15.6 Å². The fraction of sp³-hybridized carbons (Fsp3) is 0.267. The Morgan fingerprint density at radius 1 is 1.26 bits per heavy atom. The van der Waals surface area contributed by atoms with Crippen LogP contribution in [0.15, 0.2) is 42.7 Å². The molecule has 1 saturated carbocycles. The van der Waals surface area contributed by atoms with Crippen LogP contribution in [0.1, 0.15) is 18.4 Å². The van der Waals surface area contributed by atoms with Gasteiger partial charge in [0.15, 0.2) is 0 Å². The van der Waals surface area contributed by atoms with Crippen molar-refractivity contribution in [1.82, 2.24) is 4.98 Å². The molecule has 1 fully saturated rings. The van der Waals surface area contributed by atoms with Crippen molar-refractivity contribution in [3.05, 3.63) is 48.3 Å². The van der Waals surface area contributed by atoms with Gasteiger partial charge in [0.1, 0.15) is 0 Å². The van der Waals surface area contributed by atoms with Crippen LogP contribution < -0.4 is 10.6 Å². The minimum atomic E-state index is 0.141. The number of carbonyl (C=O) groups is 1. The molecule has 1 aliphatic carbocycles. The van der Waals surface area contributed by atoms with Gasteiger partial charge in [-0.1, -0.05) is 6.07 Å². The maximum Gasteiger partial charge on any atom is 0.227 e. The van der Waals surface area contributed by atoms with Gasteiger partial charge in [0, 0.05) is 36.2 Å². The van der Waals surface area contributed by atoms with Crippen molar-refractivity contribution in [1.29, 1.82) is 0 Å². The molecule has 1 aromatic carbocycles. The largest absolute Gasteiger partial charge is 0.381 e. The van der Waals surface area contributed by atoms with Crippen LogP contribution in [0.5, 0.6) is 0 Å². The monoisotopic (exact) mass is 255 g/mol. The van der Waals surface area contributed by atoms with Crippen LogP contribution in [0.4, 0.5) is 11.4 Å². The van der Waals surface area contributed by atoms with Gasteiger partial charge in [-0.05, 0) is 42.7 Å². The van der Waals surface area contributed by atoms with Gasteiger partial charge >= 0.3 is 0 Å². The number of benzene rings is 1. The lowest BCUT2D eigenvalue weighted by molar-refractivity contribution is -0.117. The lowest BCUT2D eigenvalue weighted by Crippen LogP contribution is -2.13. The molecule has 0 unspecified atom stereocenters. The molecule has 4 nitrogen and oxygen atoms in total. The van der Waals surface area contributed by atoms with Crippen LogP contribution in [0.3, 0.4) is 0 Å². The van der Waals surface area contributed by atoms with Gasteiger partial charge in [-0.2, -0.15) is 0 Å². The Hall–Kier alpha value is -2.23. The molecule has 0 spiro atoms. The van der Waals surface area contributed by atoms with Crippen LogP contribution in [0.25, 0.3) is 0 Å². The summed E-state index contributed by atoms with van der Waals surface area (Å²) in [6.45, 7) is 0.767. The molecule has 0 aliphatic heterocycles. The number of nitrogens with one attached hydrogen (secondary N) is 3. The highest BCUT2D eigenvalue weighted by molar-refractivity contribution is 5.94. The van der Waals surface area contributed by atoms with E-state index < -0.39 is 0 Å². The molecule has 2 aromatic rings. The number of aromatic amines is 1. The average Bonchev–Trinajstić information content (AvgIpc) is 3.14. The normalized spacial score (nSPS) is 14.1. The lowest BCUT2D eigenvalue weighted by atomic mass is 10.2. The maximum absolute atomic E-state index is 11.7. The smallest absolute Gasteiger partial charge is 0.227 e. The number of hydrogen-bond donors (Lipinski definition) is 3. The zero-order valence-electron chi connectivity index (χ0n) is 10.6. The summed E-state index contributed by atoms with van der Waals surface area (Å²) in [6.07, 6.45) is 5.92. The summed E-state index contributed by atoms with van der Waals surface area (Å²) >= 11 is 0. The van der Waals surface area contributed by atoms with Gasteiger partial charge in [-0.3, -0.25) is 4.79 Å². The van der Waals surface area contributed by atoms with Crippen LogP contribution in [0.2, 0.25) is 0 Å². The molecule has 1 aliphatic rings. The van der Waals surface area contributed by atoms with Crippen molar-refractivity contribution >= 4 is 17.3 Å². The molecule has 3 rings (SSSR count). The predicted octanol–water partition coefficient (Wildman–Crippen LogP) is 2.98. The first kappa shape index (κ1) is 11.8. The van der Waals surface area contributed by atoms with Crippen LogP contribution >= 0.6 is 0 Å². The van der Waals surface area contributed by atoms with Gasteiger partial charge in [0.2, 0.25) is 5.91 Å². The van der Waals surface area contributed by atoms with E-state index in [1.165, 1.54) is 5.56 Å². The van der Waals surface area contributed by atoms with Crippen molar-refractivity contribution in [3.8, 4) is 0 Å². The third-order valence-corrected chi connectivity index (χ3v) is 3.24. The Morgan fingerprint density at radius 2 is 2.11 bits per heavy atom. The summed E-state index contributed by atoms with van der Waals surface area (Å²) in [5, 5.41) is 6.29. The predicted molar refractivity (Wildman–Crippen MR) is 75.9 cm³/mol. The van der Waals surface area contributed by atoms with E-state index in [0.717, 1.165) is 30.8 Å². The van der Waals surface area contributed by atoms with E-state index in [1.54, 1.807) is 0 Å². The second-order valence-electron chi connectivity index (χ2n) is 4.92. The fourth-order valence-corrected chi connectivity index (χ4v) is 1.97. The van der Waals surface area contributed by atoms with E-state index in [0.29, 0.717) is 0 Å². The van der Waals surface area contributed by atoms with Gasteiger partial charge in [0.05, 0.1) is 0 Å². The van der Waals surface area contributed by atoms with Crippen LogP contribution in [-0.2, 0) is 11.3 Å². The van der Waals surface area contributed by atoms with E-state index in [-0.39, 0.29) is 11.8 Å². The number of amides is 1. The number of hydrogen-bond acceptors (Lipinski definition) is 2. The first-order valence-corrected chi connectivity index (χ1v) is 6.58. The Kier molecular flexibility index (Phi) is 3.23.